The minimum atomic E-state index is -3.53. The van der Waals surface area contributed by atoms with Gasteiger partial charge in [-0.05, 0) is 37.1 Å². The Morgan fingerprint density at radius 1 is 1.22 bits per heavy atom. The molecule has 2 N–H and O–H groups in total. The lowest BCUT2D eigenvalue weighted by Gasteiger charge is -2.17. The first kappa shape index (κ1) is 16.2. The Balaban J connectivity index is 1.88. The van der Waals surface area contributed by atoms with Crippen LogP contribution in [0.3, 0.4) is 0 Å². The van der Waals surface area contributed by atoms with Crippen LogP contribution < -0.4 is 5.73 Å². The van der Waals surface area contributed by atoms with Crippen LogP contribution in [0.5, 0.6) is 0 Å². The Bertz CT molecular complexity index is 828. The van der Waals surface area contributed by atoms with Gasteiger partial charge in [0.25, 0.3) is 0 Å². The van der Waals surface area contributed by atoms with E-state index < -0.39 is 10.0 Å². The fourth-order valence-electron chi connectivity index (χ4n) is 2.95. The number of nitrogens with two attached hydrogens (primary N) is 1. The zero-order chi connectivity index (χ0) is 16.8. The van der Waals surface area contributed by atoms with E-state index in [1.54, 1.807) is 18.5 Å². The fourth-order valence-corrected chi connectivity index (χ4v) is 4.54. The maximum atomic E-state index is 12.9. The fraction of sp³-hybridized carbons (Fsp3) is 0.438. The highest BCUT2D eigenvalue weighted by Crippen LogP contribution is 2.30. The molecule has 3 rings (SSSR count). The van der Waals surface area contributed by atoms with Crippen LogP contribution in [0.15, 0.2) is 35.6 Å². The summed E-state index contributed by atoms with van der Waals surface area (Å²) < 4.78 is 29.1. The average molecular weight is 334 g/mol. The van der Waals surface area contributed by atoms with Crippen molar-refractivity contribution in [2.24, 2.45) is 12.8 Å². The summed E-state index contributed by atoms with van der Waals surface area (Å²) in [4.78, 5) is 4.65. The molecule has 0 bridgehead atoms. The van der Waals surface area contributed by atoms with Gasteiger partial charge >= 0.3 is 0 Å². The smallest absolute Gasteiger partial charge is 0.243 e. The van der Waals surface area contributed by atoms with Crippen molar-refractivity contribution in [3.63, 3.8) is 0 Å². The van der Waals surface area contributed by atoms with Crippen molar-refractivity contribution in [2.45, 2.75) is 30.7 Å². The normalized spacial score (nSPS) is 22.6. The molecule has 0 spiro atoms. The number of benzene rings is 1. The Morgan fingerprint density at radius 2 is 1.96 bits per heavy atom. The number of rotatable bonds is 3. The van der Waals surface area contributed by atoms with Crippen molar-refractivity contribution in [3.8, 4) is 0 Å². The monoisotopic (exact) mass is 334 g/mol. The van der Waals surface area contributed by atoms with E-state index in [-0.39, 0.29) is 12.0 Å². The maximum Gasteiger partial charge on any atom is 0.243 e. The summed E-state index contributed by atoms with van der Waals surface area (Å²) in [7, 11) is -1.64. The molecule has 6 nitrogen and oxygen atoms in total. The van der Waals surface area contributed by atoms with Crippen LogP contribution in [0.2, 0.25) is 0 Å². The summed E-state index contributed by atoms with van der Waals surface area (Å²) >= 11 is 0. The molecule has 0 amide bonds. The Kier molecular flexibility index (Phi) is 4.03. The van der Waals surface area contributed by atoms with Crippen LogP contribution in [0, 0.1) is 13.8 Å². The number of hydrogen-bond donors (Lipinski definition) is 1. The third-order valence-corrected chi connectivity index (χ3v) is 6.38. The molecule has 2 heterocycles. The zero-order valence-electron chi connectivity index (χ0n) is 13.6. The highest BCUT2D eigenvalue weighted by Gasteiger charge is 2.39. The standard InChI is InChI=1S/C16H22N4O2S/c1-11-4-5-13(6-12(11)2)23(21,22)20-7-14(15(17)8-20)16-9-19(3)10-18-16/h4-6,9-10,14-15H,7-8,17H2,1-3H3/t14-,15-/m0/s1. The molecule has 1 aliphatic heterocycles. The van der Waals surface area contributed by atoms with Gasteiger partial charge in [-0.1, -0.05) is 6.07 Å². The van der Waals surface area contributed by atoms with Crippen molar-refractivity contribution < 1.29 is 8.42 Å². The first-order chi connectivity index (χ1) is 10.8. The van der Waals surface area contributed by atoms with Gasteiger partial charge in [0.05, 0.1) is 16.9 Å². The van der Waals surface area contributed by atoms with E-state index in [1.807, 2.05) is 37.7 Å². The molecule has 2 aromatic rings. The quantitative estimate of drug-likeness (QED) is 0.913. The third-order valence-electron chi connectivity index (χ3n) is 4.55. The van der Waals surface area contributed by atoms with E-state index in [0.29, 0.717) is 18.0 Å². The molecule has 0 saturated carbocycles. The summed E-state index contributed by atoms with van der Waals surface area (Å²) in [5, 5.41) is 0. The van der Waals surface area contributed by atoms with E-state index >= 15 is 0 Å². The predicted molar refractivity (Wildman–Crippen MR) is 88.6 cm³/mol. The maximum absolute atomic E-state index is 12.9. The van der Waals surface area contributed by atoms with Crippen LogP contribution in [0.1, 0.15) is 22.7 Å². The van der Waals surface area contributed by atoms with Gasteiger partial charge in [0.15, 0.2) is 0 Å². The molecule has 2 atom stereocenters. The van der Waals surface area contributed by atoms with Crippen molar-refractivity contribution in [3.05, 3.63) is 47.5 Å². The first-order valence-corrected chi connectivity index (χ1v) is 9.04. The molecule has 1 aliphatic rings. The highest BCUT2D eigenvalue weighted by atomic mass is 32.2. The second kappa shape index (κ2) is 5.74. The molecule has 1 aromatic heterocycles. The van der Waals surface area contributed by atoms with Crippen LogP contribution in [0.25, 0.3) is 0 Å². The SMILES string of the molecule is Cc1ccc(S(=O)(=O)N2C[C@H](c3cn(C)cn3)[C@@H](N)C2)cc1C. The predicted octanol–water partition coefficient (Wildman–Crippen LogP) is 1.15. The Morgan fingerprint density at radius 3 is 2.57 bits per heavy atom. The molecule has 1 aromatic carbocycles. The zero-order valence-corrected chi connectivity index (χ0v) is 14.4. The van der Waals surface area contributed by atoms with E-state index in [2.05, 4.69) is 4.98 Å². The lowest BCUT2D eigenvalue weighted by Crippen LogP contribution is -2.32. The Labute approximate surface area is 137 Å². The molecular formula is C16H22N4O2S. The summed E-state index contributed by atoms with van der Waals surface area (Å²) in [6.45, 7) is 4.57. The molecule has 0 radical (unpaired) electrons. The summed E-state index contributed by atoms with van der Waals surface area (Å²) in [6, 6.07) is 4.99. The average Bonchev–Trinajstić information content (AvgIpc) is 3.08. The van der Waals surface area contributed by atoms with Crippen molar-refractivity contribution in [2.75, 3.05) is 13.1 Å². The molecule has 23 heavy (non-hydrogen) atoms. The highest BCUT2D eigenvalue weighted by molar-refractivity contribution is 7.89. The third kappa shape index (κ3) is 2.91. The lowest BCUT2D eigenvalue weighted by molar-refractivity contribution is 0.469. The number of imidazole rings is 1. The molecule has 0 unspecified atom stereocenters. The molecule has 1 saturated heterocycles. The summed E-state index contributed by atoms with van der Waals surface area (Å²) in [5.74, 6) is -0.0717. The topological polar surface area (TPSA) is 81.2 Å². The van der Waals surface area contributed by atoms with Crippen molar-refractivity contribution >= 4 is 10.0 Å². The van der Waals surface area contributed by atoms with Crippen molar-refractivity contribution in [1.29, 1.82) is 0 Å². The molecule has 124 valence electrons. The Hall–Kier alpha value is -1.70. The van der Waals surface area contributed by atoms with E-state index in [0.717, 1.165) is 16.8 Å². The van der Waals surface area contributed by atoms with Crippen molar-refractivity contribution in [1.82, 2.24) is 13.9 Å². The second-order valence-corrected chi connectivity index (χ2v) is 8.24. The number of aromatic nitrogens is 2. The van der Waals surface area contributed by atoms with Crippen LogP contribution in [0.4, 0.5) is 0 Å². The van der Waals surface area contributed by atoms with Gasteiger partial charge in [0.2, 0.25) is 10.0 Å². The van der Waals surface area contributed by atoms with Gasteiger partial charge in [0.1, 0.15) is 0 Å². The minimum absolute atomic E-state index is 0.0717. The summed E-state index contributed by atoms with van der Waals surface area (Å²) in [6.07, 6.45) is 3.61. The molecule has 7 heteroatoms. The van der Waals surface area contributed by atoms with E-state index in [4.69, 9.17) is 5.73 Å². The second-order valence-electron chi connectivity index (χ2n) is 6.30. The van der Waals surface area contributed by atoms with Gasteiger partial charge in [-0.3, -0.25) is 0 Å². The number of sulfonamides is 1. The van der Waals surface area contributed by atoms with Gasteiger partial charge in [-0.15, -0.1) is 0 Å². The lowest BCUT2D eigenvalue weighted by atomic mass is 10.0. The number of aryl methyl sites for hydroxylation is 3. The van der Waals surface area contributed by atoms with Gasteiger partial charge < -0.3 is 10.3 Å². The van der Waals surface area contributed by atoms with E-state index in [1.165, 1.54) is 4.31 Å². The molecule has 1 fully saturated rings. The number of nitrogens with zero attached hydrogens (tertiary/aromatic N) is 3. The molecule has 0 aliphatic carbocycles. The van der Waals surface area contributed by atoms with Gasteiger partial charge in [0, 0.05) is 38.3 Å². The van der Waals surface area contributed by atoms with Crippen LogP contribution in [-0.4, -0.2) is 41.4 Å². The first-order valence-electron chi connectivity index (χ1n) is 7.60. The van der Waals surface area contributed by atoms with Gasteiger partial charge in [-0.25, -0.2) is 13.4 Å². The minimum Gasteiger partial charge on any atom is -0.340 e. The largest absolute Gasteiger partial charge is 0.340 e. The number of hydrogen-bond acceptors (Lipinski definition) is 4. The summed E-state index contributed by atoms with van der Waals surface area (Å²) in [5.41, 5.74) is 9.07. The van der Waals surface area contributed by atoms with E-state index in [9.17, 15) is 8.42 Å². The van der Waals surface area contributed by atoms with Crippen LogP contribution >= 0.6 is 0 Å². The van der Waals surface area contributed by atoms with Gasteiger partial charge in [-0.2, -0.15) is 4.31 Å². The van der Waals surface area contributed by atoms with Crippen LogP contribution in [-0.2, 0) is 17.1 Å². The molecular weight excluding hydrogens is 312 g/mol.